The van der Waals surface area contributed by atoms with Crippen molar-refractivity contribution in [2.45, 2.75) is 25.1 Å². The maximum absolute atomic E-state index is 12.1. The highest BCUT2D eigenvalue weighted by Crippen LogP contribution is 2.37. The van der Waals surface area contributed by atoms with Crippen molar-refractivity contribution < 1.29 is 5.11 Å². The summed E-state index contributed by atoms with van der Waals surface area (Å²) in [5.41, 5.74) is 4.42. The highest BCUT2D eigenvalue weighted by Gasteiger charge is 2.34. The number of hydrogen-bond acceptors (Lipinski definition) is 2. The molecule has 1 N–H and O–H groups in total. The SMILES string of the molecule is CN1CCc2c(c3cc(Cl)ccc3n2CC(O)(c2ccccc2)c2ccccc2)C1. The van der Waals surface area contributed by atoms with E-state index in [2.05, 4.69) is 28.6 Å². The molecule has 0 spiro atoms. The number of aliphatic hydroxyl groups is 1. The molecule has 0 saturated carbocycles. The van der Waals surface area contributed by atoms with Gasteiger partial charge in [0.05, 0.1) is 6.54 Å². The first-order valence-electron chi connectivity index (χ1n) is 10.4. The Morgan fingerprint density at radius 3 is 2.20 bits per heavy atom. The molecule has 30 heavy (non-hydrogen) atoms. The van der Waals surface area contributed by atoms with Gasteiger partial charge in [-0.25, -0.2) is 0 Å². The molecule has 3 nitrogen and oxygen atoms in total. The second kappa shape index (κ2) is 7.59. The Bertz CT molecular complexity index is 1140. The second-order valence-electron chi connectivity index (χ2n) is 8.25. The van der Waals surface area contributed by atoms with Crippen LogP contribution in [0.1, 0.15) is 22.4 Å². The lowest BCUT2D eigenvalue weighted by atomic mass is 9.86. The lowest BCUT2D eigenvalue weighted by Gasteiger charge is -2.32. The molecule has 0 saturated heterocycles. The first-order valence-corrected chi connectivity index (χ1v) is 10.8. The van der Waals surface area contributed by atoms with Crippen LogP contribution in [0.2, 0.25) is 5.02 Å². The number of rotatable bonds is 4. The van der Waals surface area contributed by atoms with E-state index in [1.165, 1.54) is 16.6 Å². The van der Waals surface area contributed by atoms with E-state index in [1.54, 1.807) is 0 Å². The third-order valence-electron chi connectivity index (χ3n) is 6.30. The zero-order chi connectivity index (χ0) is 20.7. The summed E-state index contributed by atoms with van der Waals surface area (Å²) in [5.74, 6) is 0. The van der Waals surface area contributed by atoms with Gasteiger partial charge in [0.15, 0.2) is 0 Å². The van der Waals surface area contributed by atoms with Gasteiger partial charge in [-0.2, -0.15) is 0 Å². The molecule has 3 aromatic carbocycles. The van der Waals surface area contributed by atoms with Gasteiger partial charge in [-0.05, 0) is 41.9 Å². The fourth-order valence-electron chi connectivity index (χ4n) is 4.74. The van der Waals surface area contributed by atoms with Gasteiger partial charge in [-0.15, -0.1) is 0 Å². The Balaban J connectivity index is 1.72. The predicted octanol–water partition coefficient (Wildman–Crippen LogP) is 5.22. The number of halogens is 1. The van der Waals surface area contributed by atoms with Gasteiger partial charge in [0.2, 0.25) is 0 Å². The molecular formula is C26H25ClN2O. The summed E-state index contributed by atoms with van der Waals surface area (Å²) in [5, 5.41) is 14.1. The molecule has 2 heterocycles. The molecule has 0 bridgehead atoms. The quantitative estimate of drug-likeness (QED) is 0.494. The first-order chi connectivity index (χ1) is 14.6. The number of nitrogens with zero attached hydrogens (tertiary/aromatic N) is 2. The van der Waals surface area contributed by atoms with Crippen molar-refractivity contribution in [3.05, 3.63) is 106 Å². The number of fused-ring (bicyclic) bond motifs is 3. The van der Waals surface area contributed by atoms with E-state index in [0.717, 1.165) is 41.2 Å². The maximum atomic E-state index is 12.1. The van der Waals surface area contributed by atoms with E-state index in [9.17, 15) is 5.11 Å². The van der Waals surface area contributed by atoms with Crippen LogP contribution in [0.25, 0.3) is 10.9 Å². The number of hydrogen-bond donors (Lipinski definition) is 1. The van der Waals surface area contributed by atoms with Crippen LogP contribution in [0.4, 0.5) is 0 Å². The second-order valence-corrected chi connectivity index (χ2v) is 8.69. The fraction of sp³-hybridized carbons (Fsp3) is 0.231. The van der Waals surface area contributed by atoms with Crippen molar-refractivity contribution in [2.24, 2.45) is 0 Å². The van der Waals surface area contributed by atoms with E-state index >= 15 is 0 Å². The van der Waals surface area contributed by atoms with E-state index in [0.29, 0.717) is 6.54 Å². The average molecular weight is 417 g/mol. The molecule has 4 aromatic rings. The summed E-state index contributed by atoms with van der Waals surface area (Å²) in [4.78, 5) is 2.34. The molecule has 152 valence electrons. The molecule has 0 unspecified atom stereocenters. The van der Waals surface area contributed by atoms with Gasteiger partial charge in [0.25, 0.3) is 0 Å². The molecule has 4 heteroatoms. The Kier molecular flexibility index (Phi) is 4.90. The number of aromatic nitrogens is 1. The van der Waals surface area contributed by atoms with Crippen molar-refractivity contribution >= 4 is 22.5 Å². The van der Waals surface area contributed by atoms with Crippen molar-refractivity contribution in [3.8, 4) is 0 Å². The molecule has 0 fully saturated rings. The van der Waals surface area contributed by atoms with E-state index < -0.39 is 5.60 Å². The molecule has 0 amide bonds. The summed E-state index contributed by atoms with van der Waals surface area (Å²) >= 11 is 6.36. The molecule has 1 aliphatic heterocycles. The summed E-state index contributed by atoms with van der Waals surface area (Å²) in [6.07, 6.45) is 0.956. The van der Waals surface area contributed by atoms with Gasteiger partial charge in [-0.1, -0.05) is 72.3 Å². The predicted molar refractivity (Wildman–Crippen MR) is 123 cm³/mol. The normalized spacial score (nSPS) is 14.8. The van der Waals surface area contributed by atoms with Gasteiger partial charge < -0.3 is 14.6 Å². The lowest BCUT2D eigenvalue weighted by Crippen LogP contribution is -2.34. The highest BCUT2D eigenvalue weighted by molar-refractivity contribution is 6.31. The van der Waals surface area contributed by atoms with Gasteiger partial charge in [-0.3, -0.25) is 0 Å². The lowest BCUT2D eigenvalue weighted by molar-refractivity contribution is 0.0614. The Morgan fingerprint density at radius 1 is 0.933 bits per heavy atom. The molecule has 5 rings (SSSR count). The summed E-state index contributed by atoms with van der Waals surface area (Å²) < 4.78 is 2.31. The topological polar surface area (TPSA) is 28.4 Å². The number of likely N-dealkylation sites (N-methyl/N-ethyl adjacent to an activating group) is 1. The van der Waals surface area contributed by atoms with Crippen molar-refractivity contribution in [1.82, 2.24) is 9.47 Å². The molecule has 0 atom stereocenters. The Labute approximate surface area is 182 Å². The van der Waals surface area contributed by atoms with Gasteiger partial charge in [0, 0.05) is 41.1 Å². The average Bonchev–Trinajstić information content (AvgIpc) is 3.06. The van der Waals surface area contributed by atoms with Crippen molar-refractivity contribution in [2.75, 3.05) is 13.6 Å². The third-order valence-corrected chi connectivity index (χ3v) is 6.53. The van der Waals surface area contributed by atoms with Crippen LogP contribution >= 0.6 is 11.6 Å². The smallest absolute Gasteiger partial charge is 0.132 e. The van der Waals surface area contributed by atoms with Gasteiger partial charge in [0.1, 0.15) is 5.60 Å². The van der Waals surface area contributed by atoms with Crippen LogP contribution in [0.5, 0.6) is 0 Å². The van der Waals surface area contributed by atoms with Crippen LogP contribution in [0.3, 0.4) is 0 Å². The van der Waals surface area contributed by atoms with Crippen LogP contribution in [-0.4, -0.2) is 28.2 Å². The highest BCUT2D eigenvalue weighted by atomic mass is 35.5. The maximum Gasteiger partial charge on any atom is 0.132 e. The van der Waals surface area contributed by atoms with E-state index in [1.807, 2.05) is 66.7 Å². The molecule has 0 radical (unpaired) electrons. The summed E-state index contributed by atoms with van der Waals surface area (Å²) in [6.45, 7) is 2.36. The monoisotopic (exact) mass is 416 g/mol. The minimum absolute atomic E-state index is 0.457. The summed E-state index contributed by atoms with van der Waals surface area (Å²) in [6, 6.07) is 26.1. The standard InChI is InChI=1S/C26H25ClN2O/c1-28-15-14-25-23(17-28)22-16-21(27)12-13-24(22)29(25)18-26(30,19-8-4-2-5-9-19)20-10-6-3-7-11-20/h2-13,16,30H,14-15,17-18H2,1H3. The zero-order valence-electron chi connectivity index (χ0n) is 17.1. The third kappa shape index (κ3) is 3.24. The molecule has 1 aliphatic rings. The van der Waals surface area contributed by atoms with E-state index in [-0.39, 0.29) is 0 Å². The van der Waals surface area contributed by atoms with Crippen molar-refractivity contribution in [1.29, 1.82) is 0 Å². The van der Waals surface area contributed by atoms with Gasteiger partial charge >= 0.3 is 0 Å². The zero-order valence-corrected chi connectivity index (χ0v) is 17.8. The van der Waals surface area contributed by atoms with Crippen LogP contribution in [-0.2, 0) is 25.1 Å². The fourth-order valence-corrected chi connectivity index (χ4v) is 4.92. The summed E-state index contributed by atoms with van der Waals surface area (Å²) in [7, 11) is 2.15. The largest absolute Gasteiger partial charge is 0.378 e. The number of benzene rings is 3. The van der Waals surface area contributed by atoms with Crippen molar-refractivity contribution in [3.63, 3.8) is 0 Å². The molecular weight excluding hydrogens is 392 g/mol. The minimum Gasteiger partial charge on any atom is -0.378 e. The first kappa shape index (κ1) is 19.4. The Morgan fingerprint density at radius 2 is 1.57 bits per heavy atom. The van der Waals surface area contributed by atoms with Crippen LogP contribution in [0, 0.1) is 0 Å². The van der Waals surface area contributed by atoms with Crippen LogP contribution in [0.15, 0.2) is 78.9 Å². The Hall–Kier alpha value is -2.59. The molecule has 0 aliphatic carbocycles. The molecule has 1 aromatic heterocycles. The van der Waals surface area contributed by atoms with E-state index in [4.69, 9.17) is 11.6 Å². The minimum atomic E-state index is -1.13. The van der Waals surface area contributed by atoms with Crippen LogP contribution < -0.4 is 0 Å².